The summed E-state index contributed by atoms with van der Waals surface area (Å²) in [6.45, 7) is 6.59. The second-order valence-electron chi connectivity index (χ2n) is 6.76. The second-order valence-corrected chi connectivity index (χ2v) is 6.76. The van der Waals surface area contributed by atoms with Crippen LogP contribution >= 0.6 is 0 Å². The van der Waals surface area contributed by atoms with Crippen LogP contribution in [0.1, 0.15) is 23.2 Å². The molecule has 3 rings (SSSR count). The molecule has 7 nitrogen and oxygen atoms in total. The summed E-state index contributed by atoms with van der Waals surface area (Å²) in [5.74, 6) is 1.08. The van der Waals surface area contributed by atoms with E-state index in [0.29, 0.717) is 24.0 Å². The topological polar surface area (TPSA) is 62.6 Å². The van der Waals surface area contributed by atoms with E-state index in [1.807, 2.05) is 0 Å². The zero-order valence-corrected chi connectivity index (χ0v) is 14.1. The Kier molecular flexibility index (Phi) is 5.17. The molecule has 7 heteroatoms. The van der Waals surface area contributed by atoms with Crippen LogP contribution in [0.5, 0.6) is 5.88 Å². The fourth-order valence-corrected chi connectivity index (χ4v) is 3.18. The molecule has 1 aromatic heterocycles. The van der Waals surface area contributed by atoms with Crippen molar-refractivity contribution in [2.45, 2.75) is 19.4 Å². The van der Waals surface area contributed by atoms with Gasteiger partial charge < -0.3 is 19.9 Å². The molecule has 0 aromatic carbocycles. The van der Waals surface area contributed by atoms with E-state index in [1.54, 1.807) is 10.9 Å². The number of amides is 1. The monoisotopic (exact) mass is 321 g/mol. The van der Waals surface area contributed by atoms with E-state index >= 15 is 0 Å². The van der Waals surface area contributed by atoms with E-state index < -0.39 is 0 Å². The van der Waals surface area contributed by atoms with Gasteiger partial charge in [0.25, 0.3) is 5.91 Å². The van der Waals surface area contributed by atoms with E-state index in [2.05, 4.69) is 34.3 Å². The quantitative estimate of drug-likeness (QED) is 0.815. The van der Waals surface area contributed by atoms with Gasteiger partial charge in [-0.15, -0.1) is 0 Å². The lowest BCUT2D eigenvalue weighted by Gasteiger charge is -2.19. The largest absolute Gasteiger partial charge is 0.477 e. The van der Waals surface area contributed by atoms with Crippen LogP contribution < -0.4 is 10.1 Å². The molecular weight excluding hydrogens is 294 g/mol. The molecule has 1 N–H and O–H groups in total. The number of fused-ring (bicyclic) bond motifs is 1. The van der Waals surface area contributed by atoms with E-state index in [-0.39, 0.29) is 5.91 Å². The number of nitrogens with zero attached hydrogens (tertiary/aromatic N) is 4. The zero-order valence-electron chi connectivity index (χ0n) is 14.1. The van der Waals surface area contributed by atoms with Gasteiger partial charge in [-0.2, -0.15) is 5.10 Å². The Hall–Kier alpha value is -1.60. The van der Waals surface area contributed by atoms with Crippen molar-refractivity contribution in [3.05, 3.63) is 11.8 Å². The summed E-state index contributed by atoms with van der Waals surface area (Å²) in [6, 6.07) is 0. The molecule has 0 saturated carbocycles. The summed E-state index contributed by atoms with van der Waals surface area (Å²) in [6.07, 6.45) is 3.71. The van der Waals surface area contributed by atoms with Crippen LogP contribution in [0.15, 0.2) is 6.20 Å². The maximum absolute atomic E-state index is 12.4. The molecule has 0 bridgehead atoms. The Balaban J connectivity index is 1.46. The Morgan fingerprint density at radius 3 is 3.17 bits per heavy atom. The molecule has 3 heterocycles. The van der Waals surface area contributed by atoms with Gasteiger partial charge in [-0.25, -0.2) is 4.68 Å². The highest BCUT2D eigenvalue weighted by Gasteiger charge is 2.25. The molecule has 23 heavy (non-hydrogen) atoms. The van der Waals surface area contributed by atoms with Crippen molar-refractivity contribution >= 4 is 5.91 Å². The van der Waals surface area contributed by atoms with Crippen LogP contribution in [0.25, 0.3) is 0 Å². The molecule has 1 amide bonds. The number of ether oxygens (including phenoxy) is 1. The summed E-state index contributed by atoms with van der Waals surface area (Å²) < 4.78 is 7.36. The average Bonchev–Trinajstić information content (AvgIpc) is 3.17. The Bertz CT molecular complexity index is 543. The molecule has 1 unspecified atom stereocenters. The summed E-state index contributed by atoms with van der Waals surface area (Å²) >= 11 is 0. The van der Waals surface area contributed by atoms with Crippen molar-refractivity contribution in [1.29, 1.82) is 0 Å². The van der Waals surface area contributed by atoms with Gasteiger partial charge in [-0.1, -0.05) is 0 Å². The highest BCUT2D eigenvalue weighted by Crippen LogP contribution is 2.22. The standard InChI is InChI=1S/C16H27N5O2/c1-19(2)7-8-20-6-4-13(12-20)10-17-15(22)14-11-18-21-5-3-9-23-16(14)21/h11,13H,3-10,12H2,1-2H3,(H,17,22). The van der Waals surface area contributed by atoms with Gasteiger partial charge in [0, 0.05) is 39.1 Å². The first-order valence-corrected chi connectivity index (χ1v) is 8.47. The SMILES string of the molecule is CN(C)CCN1CCC(CNC(=O)c2cnn3c2OCCC3)C1. The molecule has 0 spiro atoms. The number of carbonyl (C=O) groups is 1. The van der Waals surface area contributed by atoms with Gasteiger partial charge in [0.15, 0.2) is 0 Å². The number of rotatable bonds is 6. The predicted octanol–water partition coefficient (Wildman–Crippen LogP) is 0.279. The molecule has 0 radical (unpaired) electrons. The molecule has 2 aliphatic rings. The van der Waals surface area contributed by atoms with Crippen LogP contribution in [0.3, 0.4) is 0 Å². The van der Waals surface area contributed by atoms with Crippen LogP contribution in [-0.4, -0.2) is 78.9 Å². The number of aromatic nitrogens is 2. The lowest BCUT2D eigenvalue weighted by atomic mass is 10.1. The lowest BCUT2D eigenvalue weighted by molar-refractivity contribution is 0.0940. The highest BCUT2D eigenvalue weighted by molar-refractivity contribution is 5.96. The van der Waals surface area contributed by atoms with Gasteiger partial charge in [-0.05, 0) is 33.0 Å². The fraction of sp³-hybridized carbons (Fsp3) is 0.750. The first-order chi connectivity index (χ1) is 11.1. The number of likely N-dealkylation sites (tertiary alicyclic amines) is 1. The van der Waals surface area contributed by atoms with E-state index in [0.717, 1.165) is 52.1 Å². The molecule has 1 fully saturated rings. The third-order valence-electron chi connectivity index (χ3n) is 4.57. The maximum atomic E-state index is 12.4. The van der Waals surface area contributed by atoms with Crippen LogP contribution in [-0.2, 0) is 6.54 Å². The summed E-state index contributed by atoms with van der Waals surface area (Å²) in [7, 11) is 4.20. The molecule has 128 valence electrons. The van der Waals surface area contributed by atoms with Crippen molar-refractivity contribution in [3.63, 3.8) is 0 Å². The van der Waals surface area contributed by atoms with Gasteiger partial charge in [0.1, 0.15) is 5.56 Å². The van der Waals surface area contributed by atoms with E-state index in [1.165, 1.54) is 0 Å². The molecular formula is C16H27N5O2. The van der Waals surface area contributed by atoms with Crippen LogP contribution in [0.4, 0.5) is 0 Å². The number of likely N-dealkylation sites (N-methyl/N-ethyl adjacent to an activating group) is 1. The predicted molar refractivity (Wildman–Crippen MR) is 87.8 cm³/mol. The number of hydrogen-bond acceptors (Lipinski definition) is 5. The van der Waals surface area contributed by atoms with Crippen molar-refractivity contribution in [2.75, 3.05) is 53.4 Å². The minimum absolute atomic E-state index is 0.0695. The third-order valence-corrected chi connectivity index (χ3v) is 4.57. The van der Waals surface area contributed by atoms with Crippen molar-refractivity contribution < 1.29 is 9.53 Å². The average molecular weight is 321 g/mol. The first-order valence-electron chi connectivity index (χ1n) is 8.47. The molecule has 1 aromatic rings. The molecule has 0 aliphatic carbocycles. The van der Waals surface area contributed by atoms with Crippen molar-refractivity contribution in [3.8, 4) is 5.88 Å². The van der Waals surface area contributed by atoms with E-state index in [4.69, 9.17) is 4.74 Å². The number of carbonyl (C=O) groups excluding carboxylic acids is 1. The van der Waals surface area contributed by atoms with Crippen molar-refractivity contribution in [1.82, 2.24) is 24.9 Å². The maximum Gasteiger partial charge on any atom is 0.258 e. The van der Waals surface area contributed by atoms with Gasteiger partial charge in [0.05, 0.1) is 12.8 Å². The Morgan fingerprint density at radius 1 is 1.48 bits per heavy atom. The third kappa shape index (κ3) is 4.03. The van der Waals surface area contributed by atoms with Crippen LogP contribution in [0, 0.1) is 5.92 Å². The lowest BCUT2D eigenvalue weighted by Crippen LogP contribution is -2.33. The summed E-state index contributed by atoms with van der Waals surface area (Å²) in [4.78, 5) is 17.0. The van der Waals surface area contributed by atoms with Crippen LogP contribution in [0.2, 0.25) is 0 Å². The Labute approximate surface area is 137 Å². The number of aryl methyl sites for hydroxylation is 1. The molecule has 1 saturated heterocycles. The minimum Gasteiger partial charge on any atom is -0.477 e. The smallest absolute Gasteiger partial charge is 0.258 e. The molecule has 1 atom stereocenters. The second kappa shape index (κ2) is 7.31. The number of nitrogens with one attached hydrogen (secondary N) is 1. The highest BCUT2D eigenvalue weighted by atomic mass is 16.5. The van der Waals surface area contributed by atoms with E-state index in [9.17, 15) is 4.79 Å². The fourth-order valence-electron chi connectivity index (χ4n) is 3.18. The first kappa shape index (κ1) is 16.3. The summed E-state index contributed by atoms with van der Waals surface area (Å²) in [5, 5.41) is 7.28. The molecule has 2 aliphatic heterocycles. The minimum atomic E-state index is -0.0695. The van der Waals surface area contributed by atoms with Crippen molar-refractivity contribution in [2.24, 2.45) is 5.92 Å². The van der Waals surface area contributed by atoms with Gasteiger partial charge in [-0.3, -0.25) is 4.79 Å². The zero-order chi connectivity index (χ0) is 16.2. The van der Waals surface area contributed by atoms with Gasteiger partial charge >= 0.3 is 0 Å². The van der Waals surface area contributed by atoms with Gasteiger partial charge in [0.2, 0.25) is 5.88 Å². The summed E-state index contributed by atoms with van der Waals surface area (Å²) in [5.41, 5.74) is 0.562. The number of hydrogen-bond donors (Lipinski definition) is 1. The normalized spacial score (nSPS) is 21.3. The Morgan fingerprint density at radius 2 is 2.35 bits per heavy atom.